The number of rotatable bonds is 6. The van der Waals surface area contributed by atoms with Crippen LogP contribution in [0.5, 0.6) is 0 Å². The van der Waals surface area contributed by atoms with Gasteiger partial charge in [0.2, 0.25) is 17.6 Å². The molecule has 1 aliphatic heterocycles. The Morgan fingerprint density at radius 2 is 1.96 bits per heavy atom. The molecule has 2 heterocycles. The lowest BCUT2D eigenvalue weighted by atomic mass is 10.1. The van der Waals surface area contributed by atoms with Gasteiger partial charge in [0.1, 0.15) is 5.76 Å². The van der Waals surface area contributed by atoms with Gasteiger partial charge in [-0.3, -0.25) is 9.59 Å². The molecule has 1 aliphatic rings. The molecule has 1 aromatic carbocycles. The quantitative estimate of drug-likeness (QED) is 0.831. The molecule has 7 nitrogen and oxygen atoms in total. The number of carboxylic acid groups (broad SMARTS) is 1. The third-order valence-corrected chi connectivity index (χ3v) is 4.11. The Kier molecular flexibility index (Phi) is 4.83. The predicted molar refractivity (Wildman–Crippen MR) is 87.5 cm³/mol. The minimum atomic E-state index is -1.16. The van der Waals surface area contributed by atoms with Crippen molar-refractivity contribution >= 4 is 17.8 Å². The Bertz CT molecular complexity index is 784. The highest BCUT2D eigenvalue weighted by atomic mass is 16.4. The average molecular weight is 342 g/mol. The molecule has 2 aromatic rings. The largest absolute Gasteiger partial charge is 0.475 e. The molecule has 0 spiro atoms. The first-order valence-corrected chi connectivity index (χ1v) is 7.94. The van der Waals surface area contributed by atoms with E-state index < -0.39 is 11.9 Å². The van der Waals surface area contributed by atoms with Crippen LogP contribution >= 0.6 is 0 Å². The van der Waals surface area contributed by atoms with Crippen LogP contribution in [-0.4, -0.2) is 34.3 Å². The van der Waals surface area contributed by atoms with Crippen molar-refractivity contribution in [3.8, 4) is 0 Å². The smallest absolute Gasteiger partial charge is 0.371 e. The van der Waals surface area contributed by atoms with Crippen LogP contribution in [0.1, 0.15) is 28.3 Å². The molecular formula is C18H18N2O5. The maximum absolute atomic E-state index is 12.3. The zero-order valence-electron chi connectivity index (χ0n) is 13.5. The van der Waals surface area contributed by atoms with Crippen LogP contribution in [0.15, 0.2) is 46.9 Å². The summed E-state index contributed by atoms with van der Waals surface area (Å²) >= 11 is 0. The van der Waals surface area contributed by atoms with Crippen LogP contribution in [0.2, 0.25) is 0 Å². The van der Waals surface area contributed by atoms with Crippen molar-refractivity contribution in [1.29, 1.82) is 0 Å². The first-order valence-electron chi connectivity index (χ1n) is 7.94. The van der Waals surface area contributed by atoms with Crippen LogP contribution in [0.4, 0.5) is 0 Å². The van der Waals surface area contributed by atoms with Gasteiger partial charge < -0.3 is 19.7 Å². The lowest BCUT2D eigenvalue weighted by molar-refractivity contribution is -0.129. The number of carbonyl (C=O) groups excluding carboxylic acids is 2. The molecule has 1 saturated heterocycles. The summed E-state index contributed by atoms with van der Waals surface area (Å²) in [6.07, 6.45) is 0.178. The number of aromatic carboxylic acids is 1. The normalized spacial score (nSPS) is 16.9. The molecule has 1 aromatic heterocycles. The molecule has 7 heteroatoms. The van der Waals surface area contributed by atoms with E-state index in [1.54, 1.807) is 4.90 Å². The van der Waals surface area contributed by atoms with E-state index in [1.165, 1.54) is 12.1 Å². The molecule has 25 heavy (non-hydrogen) atoms. The molecule has 2 amide bonds. The zero-order chi connectivity index (χ0) is 17.8. The van der Waals surface area contributed by atoms with Crippen LogP contribution in [0.3, 0.4) is 0 Å². The molecule has 130 valence electrons. The lowest BCUT2D eigenvalue weighted by Gasteiger charge is -2.16. The highest BCUT2D eigenvalue weighted by molar-refractivity contribution is 5.89. The molecule has 0 saturated carbocycles. The summed E-state index contributed by atoms with van der Waals surface area (Å²) in [6.45, 7) is 0.956. The molecule has 0 radical (unpaired) electrons. The van der Waals surface area contributed by atoms with Crippen molar-refractivity contribution in [2.75, 3.05) is 6.54 Å². The standard InChI is InChI=1S/C18H18N2O5/c21-16-8-13(11-20(16)10-12-4-2-1-3-5-12)17(22)19-9-14-6-7-15(25-14)18(23)24/h1-7,13H,8-11H2,(H,19,22)(H,23,24)/t13-/m0/s1. The molecule has 3 rings (SSSR count). The van der Waals surface area contributed by atoms with E-state index in [4.69, 9.17) is 9.52 Å². The second-order valence-electron chi connectivity index (χ2n) is 5.95. The van der Waals surface area contributed by atoms with Gasteiger partial charge in [-0.05, 0) is 17.7 Å². The van der Waals surface area contributed by atoms with Crippen molar-refractivity contribution in [3.63, 3.8) is 0 Å². The van der Waals surface area contributed by atoms with Gasteiger partial charge in [0, 0.05) is 19.5 Å². The number of nitrogens with zero attached hydrogens (tertiary/aromatic N) is 1. The van der Waals surface area contributed by atoms with Crippen molar-refractivity contribution in [1.82, 2.24) is 10.2 Å². The Morgan fingerprint density at radius 3 is 2.64 bits per heavy atom. The zero-order valence-corrected chi connectivity index (χ0v) is 13.5. The van der Waals surface area contributed by atoms with Crippen LogP contribution in [-0.2, 0) is 22.7 Å². The number of amides is 2. The summed E-state index contributed by atoms with van der Waals surface area (Å²) in [4.78, 5) is 36.8. The topological polar surface area (TPSA) is 99.8 Å². The number of nitrogens with one attached hydrogen (secondary N) is 1. The first kappa shape index (κ1) is 16.8. The molecular weight excluding hydrogens is 324 g/mol. The first-order chi connectivity index (χ1) is 12.0. The number of hydrogen-bond donors (Lipinski definition) is 2. The Hall–Kier alpha value is -3.09. The monoisotopic (exact) mass is 342 g/mol. The van der Waals surface area contributed by atoms with E-state index in [2.05, 4.69) is 5.32 Å². The van der Waals surface area contributed by atoms with E-state index in [9.17, 15) is 14.4 Å². The third kappa shape index (κ3) is 4.06. The Balaban J connectivity index is 1.52. The summed E-state index contributed by atoms with van der Waals surface area (Å²) in [5.74, 6) is -1.67. The van der Waals surface area contributed by atoms with E-state index in [0.29, 0.717) is 18.8 Å². The van der Waals surface area contributed by atoms with Crippen LogP contribution < -0.4 is 5.32 Å². The van der Waals surface area contributed by atoms with Gasteiger partial charge in [-0.15, -0.1) is 0 Å². The molecule has 0 aliphatic carbocycles. The number of carboxylic acids is 1. The number of carbonyl (C=O) groups is 3. The summed E-state index contributed by atoms with van der Waals surface area (Å²) in [5, 5.41) is 11.5. The second kappa shape index (κ2) is 7.21. The van der Waals surface area contributed by atoms with Crippen LogP contribution in [0, 0.1) is 5.92 Å². The highest BCUT2D eigenvalue weighted by Crippen LogP contribution is 2.20. The van der Waals surface area contributed by atoms with Crippen molar-refractivity contribution in [2.24, 2.45) is 5.92 Å². The molecule has 1 fully saturated rings. The number of hydrogen-bond acceptors (Lipinski definition) is 4. The molecule has 0 unspecified atom stereocenters. The second-order valence-corrected chi connectivity index (χ2v) is 5.95. The fourth-order valence-electron chi connectivity index (χ4n) is 2.81. The summed E-state index contributed by atoms with van der Waals surface area (Å²) < 4.78 is 5.09. The van der Waals surface area contributed by atoms with Crippen molar-refractivity contribution in [2.45, 2.75) is 19.5 Å². The number of likely N-dealkylation sites (tertiary alicyclic amines) is 1. The van der Waals surface area contributed by atoms with Gasteiger partial charge in [0.05, 0.1) is 12.5 Å². The van der Waals surface area contributed by atoms with E-state index in [0.717, 1.165) is 5.56 Å². The van der Waals surface area contributed by atoms with Crippen molar-refractivity contribution in [3.05, 3.63) is 59.5 Å². The highest BCUT2D eigenvalue weighted by Gasteiger charge is 2.34. The third-order valence-electron chi connectivity index (χ3n) is 4.11. The Labute approximate surface area is 144 Å². The number of benzene rings is 1. The van der Waals surface area contributed by atoms with Gasteiger partial charge in [-0.25, -0.2) is 4.79 Å². The average Bonchev–Trinajstić information content (AvgIpc) is 3.21. The van der Waals surface area contributed by atoms with Gasteiger partial charge in [0.15, 0.2) is 0 Å². The summed E-state index contributed by atoms with van der Waals surface area (Å²) in [7, 11) is 0. The van der Waals surface area contributed by atoms with E-state index in [-0.39, 0.29) is 30.5 Å². The fraction of sp³-hybridized carbons (Fsp3) is 0.278. The minimum absolute atomic E-state index is 0.0461. The maximum Gasteiger partial charge on any atom is 0.371 e. The molecule has 1 atom stereocenters. The SMILES string of the molecule is O=C(O)c1ccc(CNC(=O)[C@H]2CC(=O)N(Cc3ccccc3)C2)o1. The molecule has 0 bridgehead atoms. The predicted octanol–water partition coefficient (Wildman–Crippen LogP) is 1.64. The van der Waals surface area contributed by atoms with Gasteiger partial charge in [-0.1, -0.05) is 30.3 Å². The van der Waals surface area contributed by atoms with E-state index in [1.807, 2.05) is 30.3 Å². The van der Waals surface area contributed by atoms with Crippen LogP contribution in [0.25, 0.3) is 0 Å². The summed E-state index contributed by atoms with van der Waals surface area (Å²) in [5.41, 5.74) is 1.02. The fourth-order valence-corrected chi connectivity index (χ4v) is 2.81. The summed E-state index contributed by atoms with van der Waals surface area (Å²) in [6, 6.07) is 12.5. The van der Waals surface area contributed by atoms with Crippen molar-refractivity contribution < 1.29 is 23.9 Å². The van der Waals surface area contributed by atoms with Gasteiger partial charge >= 0.3 is 5.97 Å². The maximum atomic E-state index is 12.3. The Morgan fingerprint density at radius 1 is 1.20 bits per heavy atom. The lowest BCUT2D eigenvalue weighted by Crippen LogP contribution is -2.32. The molecule has 2 N–H and O–H groups in total. The minimum Gasteiger partial charge on any atom is -0.475 e. The number of furan rings is 1. The van der Waals surface area contributed by atoms with E-state index >= 15 is 0 Å². The van der Waals surface area contributed by atoms with Gasteiger partial charge in [0.25, 0.3) is 0 Å². The van der Waals surface area contributed by atoms with Gasteiger partial charge in [-0.2, -0.15) is 0 Å².